The van der Waals surface area contributed by atoms with Crippen LogP contribution >= 0.6 is 11.3 Å². The molecule has 0 saturated heterocycles. The molecule has 0 spiro atoms. The quantitative estimate of drug-likeness (QED) is 0.535. The van der Waals surface area contributed by atoms with Gasteiger partial charge in [-0.15, -0.1) is 11.3 Å². The molecule has 21 heavy (non-hydrogen) atoms. The summed E-state index contributed by atoms with van der Waals surface area (Å²) >= 11 is 1.45. The number of hydrogen-bond donors (Lipinski definition) is 1. The highest BCUT2D eigenvalue weighted by Crippen LogP contribution is 2.24. The smallest absolute Gasteiger partial charge is 0.305 e. The molecule has 1 aromatic carbocycles. The van der Waals surface area contributed by atoms with Crippen LogP contribution in [-0.4, -0.2) is 11.5 Å². The van der Waals surface area contributed by atoms with Crippen molar-refractivity contribution in [1.29, 1.82) is 0 Å². The molecule has 0 amide bonds. The lowest BCUT2D eigenvalue weighted by Crippen LogP contribution is -1.96. The summed E-state index contributed by atoms with van der Waals surface area (Å²) < 4.78 is 18.8. The Morgan fingerprint density at radius 2 is 2.19 bits per heavy atom. The Morgan fingerprint density at radius 3 is 2.86 bits per heavy atom. The zero-order valence-electron chi connectivity index (χ0n) is 10.8. The molecule has 5 nitrogen and oxygen atoms in total. The predicted octanol–water partition coefficient (Wildman–Crippen LogP) is 2.68. The molecule has 0 aliphatic heterocycles. The van der Waals surface area contributed by atoms with Crippen LogP contribution in [0.3, 0.4) is 0 Å². The molecular weight excluding hydrogens is 295 g/mol. The molecule has 0 unspecified atom stereocenters. The van der Waals surface area contributed by atoms with E-state index in [-0.39, 0.29) is 12.4 Å². The number of nitro benzene ring substituents is 1. The van der Waals surface area contributed by atoms with Gasteiger partial charge in [-0.05, 0) is 18.2 Å². The number of ether oxygens (including phenoxy) is 1. The van der Waals surface area contributed by atoms with E-state index in [1.54, 1.807) is 0 Å². The van der Waals surface area contributed by atoms with Gasteiger partial charge in [0.2, 0.25) is 5.82 Å². The summed E-state index contributed by atoms with van der Waals surface area (Å²) in [4.78, 5) is 11.5. The third-order valence-corrected chi connectivity index (χ3v) is 3.45. The number of benzene rings is 1. The van der Waals surface area contributed by atoms with Gasteiger partial charge in [-0.2, -0.15) is 4.39 Å². The van der Waals surface area contributed by atoms with Gasteiger partial charge in [0.1, 0.15) is 12.4 Å². The normalized spacial score (nSPS) is 9.81. The van der Waals surface area contributed by atoms with Crippen LogP contribution in [0, 0.1) is 27.8 Å². The van der Waals surface area contributed by atoms with Crippen LogP contribution in [-0.2, 0) is 6.61 Å². The van der Waals surface area contributed by atoms with E-state index in [9.17, 15) is 14.5 Å². The van der Waals surface area contributed by atoms with Crippen LogP contribution in [0.5, 0.6) is 5.75 Å². The molecule has 0 saturated carbocycles. The van der Waals surface area contributed by atoms with Crippen LogP contribution < -0.4 is 10.5 Å². The van der Waals surface area contributed by atoms with Gasteiger partial charge in [0, 0.05) is 17.0 Å². The Balaban J connectivity index is 2.01. The average Bonchev–Trinajstić information content (AvgIpc) is 2.90. The molecule has 2 N–H and O–H groups in total. The summed E-state index contributed by atoms with van der Waals surface area (Å²) in [7, 11) is 0. The Hall–Kier alpha value is -2.43. The molecule has 0 bridgehead atoms. The highest BCUT2D eigenvalue weighted by atomic mass is 32.1. The SMILES string of the molecule is NCC#Cc1ccc(COc2ccc([N+](=O)[O-])c(F)c2)s1. The van der Waals surface area contributed by atoms with Gasteiger partial charge in [-0.1, -0.05) is 11.8 Å². The Labute approximate surface area is 124 Å². The highest BCUT2D eigenvalue weighted by molar-refractivity contribution is 7.12. The second-order valence-corrected chi connectivity index (χ2v) is 5.10. The van der Waals surface area contributed by atoms with Gasteiger partial charge in [0.05, 0.1) is 16.3 Å². The second kappa shape index (κ2) is 6.83. The molecule has 0 aliphatic carbocycles. The van der Waals surface area contributed by atoms with Crippen LogP contribution in [0.25, 0.3) is 0 Å². The topological polar surface area (TPSA) is 78.4 Å². The first-order chi connectivity index (χ1) is 10.1. The van der Waals surface area contributed by atoms with Crippen molar-refractivity contribution in [2.45, 2.75) is 6.61 Å². The van der Waals surface area contributed by atoms with Gasteiger partial charge >= 0.3 is 5.69 Å². The summed E-state index contributed by atoms with van der Waals surface area (Å²) in [6.07, 6.45) is 0. The third-order valence-electron chi connectivity index (χ3n) is 2.47. The standard InChI is InChI=1S/C14H11FN2O3S/c15-13-8-10(3-6-14(13)17(18)19)20-9-12-5-4-11(21-12)2-1-7-16/h3-6,8H,7,9,16H2. The minimum absolute atomic E-state index is 0.237. The first kappa shape index (κ1) is 15.0. The van der Waals surface area contributed by atoms with E-state index in [2.05, 4.69) is 11.8 Å². The Bertz CT molecular complexity index is 718. The fourth-order valence-corrected chi connectivity index (χ4v) is 2.34. The van der Waals surface area contributed by atoms with Crippen molar-refractivity contribution in [2.24, 2.45) is 5.73 Å². The summed E-state index contributed by atoms with van der Waals surface area (Å²) in [5.41, 5.74) is 4.72. The maximum atomic E-state index is 13.4. The lowest BCUT2D eigenvalue weighted by atomic mass is 10.3. The highest BCUT2D eigenvalue weighted by Gasteiger charge is 2.14. The van der Waals surface area contributed by atoms with Crippen molar-refractivity contribution in [2.75, 3.05) is 6.54 Å². The Morgan fingerprint density at radius 1 is 1.38 bits per heavy atom. The molecule has 1 heterocycles. The first-order valence-corrected chi connectivity index (χ1v) is 6.76. The number of halogens is 1. The van der Waals surface area contributed by atoms with Crippen LogP contribution in [0.4, 0.5) is 10.1 Å². The van der Waals surface area contributed by atoms with Gasteiger partial charge in [-0.25, -0.2) is 0 Å². The van der Waals surface area contributed by atoms with E-state index in [4.69, 9.17) is 10.5 Å². The lowest BCUT2D eigenvalue weighted by molar-refractivity contribution is -0.387. The summed E-state index contributed by atoms with van der Waals surface area (Å²) in [6.45, 7) is 0.540. The average molecular weight is 306 g/mol. The summed E-state index contributed by atoms with van der Waals surface area (Å²) in [5.74, 6) is 4.97. The van der Waals surface area contributed by atoms with Gasteiger partial charge < -0.3 is 10.5 Å². The summed E-state index contributed by atoms with van der Waals surface area (Å²) in [5, 5.41) is 10.5. The van der Waals surface area contributed by atoms with Crippen molar-refractivity contribution < 1.29 is 14.1 Å². The monoisotopic (exact) mass is 306 g/mol. The van der Waals surface area contributed by atoms with E-state index in [1.807, 2.05) is 12.1 Å². The van der Waals surface area contributed by atoms with Crippen LogP contribution in [0.15, 0.2) is 30.3 Å². The largest absolute Gasteiger partial charge is 0.488 e. The van der Waals surface area contributed by atoms with Gasteiger partial charge in [-0.3, -0.25) is 10.1 Å². The van der Waals surface area contributed by atoms with E-state index < -0.39 is 16.4 Å². The van der Waals surface area contributed by atoms with E-state index in [0.717, 1.165) is 21.9 Å². The molecular formula is C14H11FN2O3S. The maximum absolute atomic E-state index is 13.4. The third kappa shape index (κ3) is 4.02. The molecule has 0 fully saturated rings. The first-order valence-electron chi connectivity index (χ1n) is 5.94. The molecule has 0 aliphatic rings. The molecule has 7 heteroatoms. The minimum Gasteiger partial charge on any atom is -0.488 e. The van der Waals surface area contributed by atoms with Crippen molar-refractivity contribution in [3.05, 3.63) is 56.0 Å². The van der Waals surface area contributed by atoms with Crippen LogP contribution in [0.2, 0.25) is 0 Å². The van der Waals surface area contributed by atoms with E-state index in [0.29, 0.717) is 6.54 Å². The number of thiophene rings is 1. The molecule has 2 rings (SSSR count). The molecule has 0 radical (unpaired) electrons. The van der Waals surface area contributed by atoms with Crippen molar-refractivity contribution in [3.63, 3.8) is 0 Å². The zero-order chi connectivity index (χ0) is 15.2. The van der Waals surface area contributed by atoms with Gasteiger partial charge in [0.15, 0.2) is 0 Å². The fourth-order valence-electron chi connectivity index (χ4n) is 1.54. The molecule has 2 aromatic rings. The number of nitrogens with two attached hydrogens (primary N) is 1. The number of nitro groups is 1. The number of nitrogens with zero attached hydrogens (tertiary/aromatic N) is 1. The number of rotatable bonds is 4. The zero-order valence-corrected chi connectivity index (χ0v) is 11.7. The minimum atomic E-state index is -0.918. The van der Waals surface area contributed by atoms with Crippen molar-refractivity contribution >= 4 is 17.0 Å². The number of hydrogen-bond acceptors (Lipinski definition) is 5. The Kier molecular flexibility index (Phi) is 4.87. The second-order valence-electron chi connectivity index (χ2n) is 3.93. The van der Waals surface area contributed by atoms with E-state index in [1.165, 1.54) is 17.4 Å². The van der Waals surface area contributed by atoms with Crippen molar-refractivity contribution in [1.82, 2.24) is 0 Å². The van der Waals surface area contributed by atoms with Gasteiger partial charge in [0.25, 0.3) is 0 Å². The van der Waals surface area contributed by atoms with E-state index >= 15 is 0 Å². The predicted molar refractivity (Wildman–Crippen MR) is 77.6 cm³/mol. The molecule has 1 aromatic heterocycles. The summed E-state index contributed by atoms with van der Waals surface area (Å²) in [6, 6.07) is 7.15. The molecule has 108 valence electrons. The van der Waals surface area contributed by atoms with Crippen molar-refractivity contribution in [3.8, 4) is 17.6 Å². The van der Waals surface area contributed by atoms with Crippen LogP contribution in [0.1, 0.15) is 9.75 Å². The lowest BCUT2D eigenvalue weighted by Gasteiger charge is -2.04. The fraction of sp³-hybridized carbons (Fsp3) is 0.143. The maximum Gasteiger partial charge on any atom is 0.305 e. The molecule has 0 atom stereocenters.